The SMILES string of the molecule is Cn1cnc([N+](=O)[O-])c1C(=O)O.OCc1cnc[nH]1. The van der Waals surface area contributed by atoms with E-state index in [0.29, 0.717) is 0 Å². The number of aliphatic hydroxyl groups is 1. The van der Waals surface area contributed by atoms with Crippen LogP contribution in [0.25, 0.3) is 0 Å². The maximum absolute atomic E-state index is 10.4. The van der Waals surface area contributed by atoms with Gasteiger partial charge >= 0.3 is 11.8 Å². The van der Waals surface area contributed by atoms with Gasteiger partial charge in [0.1, 0.15) is 0 Å². The number of aliphatic hydroxyl groups excluding tert-OH is 1. The molecule has 0 aliphatic heterocycles. The lowest BCUT2D eigenvalue weighted by atomic mass is 10.4. The molecule has 2 heterocycles. The fraction of sp³-hybridized carbons (Fsp3) is 0.222. The fourth-order valence-electron chi connectivity index (χ4n) is 1.17. The van der Waals surface area contributed by atoms with Crippen LogP contribution in [0, 0.1) is 10.1 Å². The molecule has 0 radical (unpaired) electrons. The third-order valence-electron chi connectivity index (χ3n) is 2.02. The molecule has 0 bridgehead atoms. The highest BCUT2D eigenvalue weighted by atomic mass is 16.6. The van der Waals surface area contributed by atoms with Gasteiger partial charge in [0.05, 0.1) is 24.8 Å². The van der Waals surface area contributed by atoms with Gasteiger partial charge in [-0.25, -0.2) is 9.78 Å². The van der Waals surface area contributed by atoms with E-state index in [0.717, 1.165) is 16.6 Å². The Morgan fingerprint density at radius 2 is 2.32 bits per heavy atom. The van der Waals surface area contributed by atoms with Gasteiger partial charge in [-0.05, 0) is 9.91 Å². The Bertz CT molecular complexity index is 562. The smallest absolute Gasteiger partial charge is 0.396 e. The predicted molar refractivity (Wildman–Crippen MR) is 61.3 cm³/mol. The summed E-state index contributed by atoms with van der Waals surface area (Å²) >= 11 is 0. The molecule has 0 spiro atoms. The molecule has 0 aliphatic carbocycles. The molecule has 0 saturated carbocycles. The molecule has 0 fully saturated rings. The lowest BCUT2D eigenvalue weighted by Gasteiger charge is -1.93. The van der Waals surface area contributed by atoms with Gasteiger partial charge in [-0.1, -0.05) is 0 Å². The second kappa shape index (κ2) is 6.26. The van der Waals surface area contributed by atoms with Gasteiger partial charge in [0, 0.05) is 7.05 Å². The first-order valence-corrected chi connectivity index (χ1v) is 4.94. The highest BCUT2D eigenvalue weighted by Crippen LogP contribution is 2.14. The Balaban J connectivity index is 0.000000218. The molecule has 10 nitrogen and oxygen atoms in total. The summed E-state index contributed by atoms with van der Waals surface area (Å²) in [7, 11) is 1.38. The molecule has 0 amide bonds. The van der Waals surface area contributed by atoms with Crippen molar-refractivity contribution in [2.24, 2.45) is 7.05 Å². The van der Waals surface area contributed by atoms with Crippen LogP contribution in [-0.2, 0) is 13.7 Å². The zero-order valence-corrected chi connectivity index (χ0v) is 9.85. The second-order valence-corrected chi connectivity index (χ2v) is 3.32. The van der Waals surface area contributed by atoms with E-state index in [1.165, 1.54) is 13.4 Å². The molecule has 3 N–H and O–H groups in total. The van der Waals surface area contributed by atoms with Crippen LogP contribution in [0.3, 0.4) is 0 Å². The molecule has 10 heteroatoms. The Morgan fingerprint density at radius 1 is 1.63 bits per heavy atom. The largest absolute Gasteiger partial charge is 0.476 e. The van der Waals surface area contributed by atoms with E-state index < -0.39 is 22.4 Å². The van der Waals surface area contributed by atoms with Gasteiger partial charge < -0.3 is 29.9 Å². The Kier molecular flexibility index (Phi) is 4.71. The van der Waals surface area contributed by atoms with Gasteiger partial charge in [-0.2, -0.15) is 0 Å². The minimum atomic E-state index is -1.36. The third kappa shape index (κ3) is 3.61. The van der Waals surface area contributed by atoms with Crippen LogP contribution in [0.5, 0.6) is 0 Å². The molecule has 0 saturated heterocycles. The summed E-state index contributed by atoms with van der Waals surface area (Å²) in [6.07, 6.45) is 4.20. The van der Waals surface area contributed by atoms with Crippen LogP contribution in [0.15, 0.2) is 18.9 Å². The predicted octanol–water partition coefficient (Wildman–Crippen LogP) is -0.0715. The second-order valence-electron chi connectivity index (χ2n) is 3.32. The van der Waals surface area contributed by atoms with Crippen LogP contribution >= 0.6 is 0 Å². The zero-order chi connectivity index (χ0) is 14.4. The summed E-state index contributed by atoms with van der Waals surface area (Å²) in [5, 5.41) is 27.1. The normalized spacial score (nSPS) is 9.58. The molecule has 2 aromatic rings. The van der Waals surface area contributed by atoms with Crippen LogP contribution in [0.4, 0.5) is 5.82 Å². The zero-order valence-electron chi connectivity index (χ0n) is 9.85. The first-order chi connectivity index (χ1) is 8.97. The van der Waals surface area contributed by atoms with Crippen molar-refractivity contribution >= 4 is 11.8 Å². The molecule has 2 aromatic heterocycles. The number of carboxylic acid groups (broad SMARTS) is 1. The van der Waals surface area contributed by atoms with Crippen LogP contribution < -0.4 is 0 Å². The quantitative estimate of drug-likeness (QED) is 0.521. The summed E-state index contributed by atoms with van der Waals surface area (Å²) < 4.78 is 1.08. The van der Waals surface area contributed by atoms with Crippen LogP contribution in [-0.4, -0.2) is 40.6 Å². The van der Waals surface area contributed by atoms with Crippen molar-refractivity contribution in [2.75, 3.05) is 0 Å². The molecular formula is C9H11N5O5. The minimum absolute atomic E-state index is 0.0417. The summed E-state index contributed by atoms with van der Waals surface area (Å²) in [6.45, 7) is 0.0417. The molecular weight excluding hydrogens is 258 g/mol. The van der Waals surface area contributed by atoms with Gasteiger partial charge in [-0.15, -0.1) is 0 Å². The minimum Gasteiger partial charge on any atom is -0.476 e. The first kappa shape index (κ1) is 14.3. The first-order valence-electron chi connectivity index (χ1n) is 4.94. The molecule has 0 aromatic carbocycles. The number of hydrogen-bond donors (Lipinski definition) is 3. The van der Waals surface area contributed by atoms with Crippen molar-refractivity contribution in [3.05, 3.63) is 40.4 Å². The van der Waals surface area contributed by atoms with E-state index in [-0.39, 0.29) is 6.61 Å². The summed E-state index contributed by atoms with van der Waals surface area (Å²) in [5.74, 6) is -1.99. The van der Waals surface area contributed by atoms with Crippen molar-refractivity contribution in [3.63, 3.8) is 0 Å². The number of aryl methyl sites for hydroxylation is 1. The fourth-order valence-corrected chi connectivity index (χ4v) is 1.17. The Labute approximate surface area is 106 Å². The summed E-state index contributed by atoms with van der Waals surface area (Å²) in [4.78, 5) is 29.5. The number of nitrogens with one attached hydrogen (secondary N) is 1. The highest BCUT2D eigenvalue weighted by Gasteiger charge is 2.25. The van der Waals surface area contributed by atoms with E-state index in [1.54, 1.807) is 6.20 Å². The van der Waals surface area contributed by atoms with Crippen molar-refractivity contribution in [1.29, 1.82) is 0 Å². The van der Waals surface area contributed by atoms with Crippen molar-refractivity contribution in [2.45, 2.75) is 6.61 Å². The standard InChI is InChI=1S/C5H5N3O4.C4H6N2O/c1-7-2-6-4(8(11)12)3(7)5(9)10;7-2-4-1-5-3-6-4/h2H,1H3,(H,9,10);1,3,7H,2H2,(H,5,6). The molecule has 0 aliphatic rings. The Morgan fingerprint density at radius 3 is 2.63 bits per heavy atom. The molecule has 102 valence electrons. The van der Waals surface area contributed by atoms with Crippen LogP contribution in [0.2, 0.25) is 0 Å². The van der Waals surface area contributed by atoms with E-state index in [2.05, 4.69) is 15.0 Å². The van der Waals surface area contributed by atoms with E-state index >= 15 is 0 Å². The van der Waals surface area contributed by atoms with Crippen LogP contribution in [0.1, 0.15) is 16.2 Å². The number of H-pyrrole nitrogens is 1. The third-order valence-corrected chi connectivity index (χ3v) is 2.02. The average Bonchev–Trinajstić information content (AvgIpc) is 2.97. The highest BCUT2D eigenvalue weighted by molar-refractivity contribution is 5.89. The van der Waals surface area contributed by atoms with Crippen molar-refractivity contribution in [3.8, 4) is 0 Å². The van der Waals surface area contributed by atoms with E-state index in [4.69, 9.17) is 10.2 Å². The van der Waals surface area contributed by atoms with Gasteiger partial charge in [-0.3, -0.25) is 0 Å². The number of aromatic carboxylic acids is 1. The van der Waals surface area contributed by atoms with E-state index in [9.17, 15) is 14.9 Å². The monoisotopic (exact) mass is 269 g/mol. The number of carbonyl (C=O) groups is 1. The maximum Gasteiger partial charge on any atom is 0.396 e. The molecule has 0 unspecified atom stereocenters. The van der Waals surface area contributed by atoms with Crippen molar-refractivity contribution in [1.82, 2.24) is 19.5 Å². The van der Waals surface area contributed by atoms with Crippen molar-refractivity contribution < 1.29 is 19.9 Å². The number of aromatic amines is 1. The Hall–Kier alpha value is -2.75. The lowest BCUT2D eigenvalue weighted by molar-refractivity contribution is -0.389. The number of rotatable bonds is 3. The molecule has 2 rings (SSSR count). The van der Waals surface area contributed by atoms with Gasteiger partial charge in [0.15, 0.2) is 0 Å². The van der Waals surface area contributed by atoms with Gasteiger partial charge in [0.2, 0.25) is 12.0 Å². The number of nitrogens with zero attached hydrogens (tertiary/aromatic N) is 4. The topological polar surface area (TPSA) is 147 Å². The number of hydrogen-bond acceptors (Lipinski definition) is 6. The maximum atomic E-state index is 10.4. The number of aromatic nitrogens is 4. The average molecular weight is 269 g/mol. The number of carboxylic acids is 1. The number of nitro groups is 1. The van der Waals surface area contributed by atoms with E-state index in [1.807, 2.05) is 0 Å². The summed E-state index contributed by atoms with van der Waals surface area (Å²) in [6, 6.07) is 0. The van der Waals surface area contributed by atoms with Gasteiger partial charge in [0.25, 0.3) is 0 Å². The summed E-state index contributed by atoms with van der Waals surface area (Å²) in [5.41, 5.74) is 0.333. The lowest BCUT2D eigenvalue weighted by Crippen LogP contribution is -2.06. The molecule has 19 heavy (non-hydrogen) atoms. The molecule has 0 atom stereocenters. The number of imidazole rings is 2.